The van der Waals surface area contributed by atoms with Gasteiger partial charge in [0.25, 0.3) is 0 Å². The molecule has 0 spiro atoms. The van der Waals surface area contributed by atoms with Gasteiger partial charge in [0.2, 0.25) is 0 Å². The van der Waals surface area contributed by atoms with E-state index in [1.165, 1.54) is 25.7 Å². The molecule has 0 aromatic carbocycles. The fourth-order valence-electron chi connectivity index (χ4n) is 2.29. The van der Waals surface area contributed by atoms with Gasteiger partial charge in [-0.2, -0.15) is 0 Å². The van der Waals surface area contributed by atoms with Crippen LogP contribution in [0.1, 0.15) is 39.0 Å². The summed E-state index contributed by atoms with van der Waals surface area (Å²) in [7, 11) is 0. The number of anilines is 1. The second kappa shape index (κ2) is 4.35. The lowest BCUT2D eigenvalue weighted by Gasteiger charge is -2.29. The van der Waals surface area contributed by atoms with Crippen LogP contribution in [0.25, 0.3) is 0 Å². The van der Waals surface area contributed by atoms with E-state index in [9.17, 15) is 0 Å². The average molecular weight is 226 g/mol. The summed E-state index contributed by atoms with van der Waals surface area (Å²) in [6.45, 7) is 2.22. The SMILES string of the molecule is CCC1(Nc2cncc(Cl)n2)CCCC1. The zero-order valence-corrected chi connectivity index (χ0v) is 9.72. The average Bonchev–Trinajstić information content (AvgIpc) is 2.67. The highest BCUT2D eigenvalue weighted by molar-refractivity contribution is 6.29. The van der Waals surface area contributed by atoms with E-state index in [4.69, 9.17) is 11.6 Å². The second-order valence-corrected chi connectivity index (χ2v) is 4.58. The van der Waals surface area contributed by atoms with E-state index in [1.54, 1.807) is 12.4 Å². The summed E-state index contributed by atoms with van der Waals surface area (Å²) >= 11 is 5.81. The molecule has 4 heteroatoms. The van der Waals surface area contributed by atoms with Gasteiger partial charge in [-0.1, -0.05) is 31.4 Å². The molecule has 1 aromatic rings. The van der Waals surface area contributed by atoms with Crippen molar-refractivity contribution in [3.05, 3.63) is 17.5 Å². The Kier molecular flexibility index (Phi) is 3.10. The molecule has 0 saturated heterocycles. The summed E-state index contributed by atoms with van der Waals surface area (Å²) in [6, 6.07) is 0. The van der Waals surface area contributed by atoms with Crippen molar-refractivity contribution in [3.63, 3.8) is 0 Å². The van der Waals surface area contributed by atoms with Crippen molar-refractivity contribution in [1.82, 2.24) is 9.97 Å². The number of rotatable bonds is 3. The lowest BCUT2D eigenvalue weighted by atomic mass is 9.94. The standard InChI is InChI=1S/C11H16ClN3/c1-2-11(5-3-4-6-11)15-10-8-13-7-9(12)14-10/h7-8H,2-6H2,1H3,(H,14,15). The molecule has 1 heterocycles. The smallest absolute Gasteiger partial charge is 0.149 e. The minimum absolute atomic E-state index is 0.222. The van der Waals surface area contributed by atoms with Crippen LogP contribution < -0.4 is 5.32 Å². The maximum absolute atomic E-state index is 5.81. The lowest BCUT2D eigenvalue weighted by Crippen LogP contribution is -2.34. The first-order valence-electron chi connectivity index (χ1n) is 5.50. The molecule has 1 aliphatic carbocycles. The van der Waals surface area contributed by atoms with Gasteiger partial charge in [-0.05, 0) is 19.3 Å². The first-order chi connectivity index (χ1) is 7.24. The summed E-state index contributed by atoms with van der Waals surface area (Å²) in [5, 5.41) is 3.94. The first-order valence-corrected chi connectivity index (χ1v) is 5.88. The predicted octanol–water partition coefficient (Wildman–Crippen LogP) is 3.26. The minimum atomic E-state index is 0.222. The van der Waals surface area contributed by atoms with Gasteiger partial charge in [-0.15, -0.1) is 0 Å². The largest absolute Gasteiger partial charge is 0.363 e. The third-order valence-electron chi connectivity index (χ3n) is 3.24. The molecule has 2 rings (SSSR count). The molecule has 0 aliphatic heterocycles. The molecule has 15 heavy (non-hydrogen) atoms. The second-order valence-electron chi connectivity index (χ2n) is 4.19. The molecule has 0 bridgehead atoms. The maximum atomic E-state index is 5.81. The molecular formula is C11H16ClN3. The van der Waals surface area contributed by atoms with Crippen molar-refractivity contribution >= 4 is 17.4 Å². The topological polar surface area (TPSA) is 37.8 Å². The monoisotopic (exact) mass is 225 g/mol. The molecule has 0 radical (unpaired) electrons. The number of nitrogens with one attached hydrogen (secondary N) is 1. The number of hydrogen-bond acceptors (Lipinski definition) is 3. The Morgan fingerprint density at radius 3 is 2.73 bits per heavy atom. The van der Waals surface area contributed by atoms with Crippen LogP contribution in [0.5, 0.6) is 0 Å². The van der Waals surface area contributed by atoms with E-state index in [1.807, 2.05) is 0 Å². The van der Waals surface area contributed by atoms with E-state index in [-0.39, 0.29) is 5.54 Å². The fourth-order valence-corrected chi connectivity index (χ4v) is 2.44. The van der Waals surface area contributed by atoms with Crippen LogP contribution in [0.15, 0.2) is 12.4 Å². The first kappa shape index (κ1) is 10.7. The Morgan fingerprint density at radius 2 is 2.13 bits per heavy atom. The Morgan fingerprint density at radius 1 is 1.40 bits per heavy atom. The van der Waals surface area contributed by atoms with Gasteiger partial charge < -0.3 is 5.32 Å². The highest BCUT2D eigenvalue weighted by Gasteiger charge is 2.31. The number of nitrogens with zero attached hydrogens (tertiary/aromatic N) is 2. The summed E-state index contributed by atoms with van der Waals surface area (Å²) in [5.41, 5.74) is 0.222. The lowest BCUT2D eigenvalue weighted by molar-refractivity contribution is 0.463. The van der Waals surface area contributed by atoms with Crippen LogP contribution in [0.3, 0.4) is 0 Å². The van der Waals surface area contributed by atoms with Crippen LogP contribution in [-0.4, -0.2) is 15.5 Å². The molecular weight excluding hydrogens is 210 g/mol. The van der Waals surface area contributed by atoms with Crippen molar-refractivity contribution in [2.75, 3.05) is 5.32 Å². The van der Waals surface area contributed by atoms with E-state index >= 15 is 0 Å². The summed E-state index contributed by atoms with van der Waals surface area (Å²) in [5.74, 6) is 0.797. The van der Waals surface area contributed by atoms with Crippen molar-refractivity contribution in [2.45, 2.75) is 44.6 Å². The Labute approximate surface area is 95.3 Å². The molecule has 82 valence electrons. The van der Waals surface area contributed by atoms with Crippen LogP contribution in [0.4, 0.5) is 5.82 Å². The van der Waals surface area contributed by atoms with Crippen molar-refractivity contribution in [1.29, 1.82) is 0 Å². The number of halogens is 1. The summed E-state index contributed by atoms with van der Waals surface area (Å²) in [6.07, 6.45) is 9.46. The van der Waals surface area contributed by atoms with Crippen LogP contribution in [-0.2, 0) is 0 Å². The zero-order valence-electron chi connectivity index (χ0n) is 8.96. The van der Waals surface area contributed by atoms with Gasteiger partial charge in [0.05, 0.1) is 12.4 Å². The van der Waals surface area contributed by atoms with Crippen LogP contribution in [0, 0.1) is 0 Å². The molecule has 1 fully saturated rings. The Bertz CT molecular complexity index is 334. The van der Waals surface area contributed by atoms with E-state index in [2.05, 4.69) is 22.2 Å². The highest BCUT2D eigenvalue weighted by atomic mass is 35.5. The van der Waals surface area contributed by atoms with Gasteiger partial charge in [-0.3, -0.25) is 4.98 Å². The molecule has 0 amide bonds. The van der Waals surface area contributed by atoms with Crippen molar-refractivity contribution < 1.29 is 0 Å². The quantitative estimate of drug-likeness (QED) is 0.858. The van der Waals surface area contributed by atoms with Gasteiger partial charge in [0.15, 0.2) is 0 Å². The predicted molar refractivity (Wildman–Crippen MR) is 62.2 cm³/mol. The molecule has 0 unspecified atom stereocenters. The van der Waals surface area contributed by atoms with Gasteiger partial charge >= 0.3 is 0 Å². The summed E-state index contributed by atoms with van der Waals surface area (Å²) in [4.78, 5) is 8.26. The fraction of sp³-hybridized carbons (Fsp3) is 0.636. The molecule has 3 nitrogen and oxygen atoms in total. The van der Waals surface area contributed by atoms with Crippen molar-refractivity contribution in [2.24, 2.45) is 0 Å². The van der Waals surface area contributed by atoms with E-state index < -0.39 is 0 Å². The third-order valence-corrected chi connectivity index (χ3v) is 3.42. The maximum Gasteiger partial charge on any atom is 0.149 e. The minimum Gasteiger partial charge on any atom is -0.363 e. The molecule has 1 N–H and O–H groups in total. The Hall–Kier alpha value is -0.830. The molecule has 1 aliphatic rings. The van der Waals surface area contributed by atoms with E-state index in [0.717, 1.165) is 12.2 Å². The number of hydrogen-bond donors (Lipinski definition) is 1. The highest BCUT2D eigenvalue weighted by Crippen LogP contribution is 2.35. The summed E-state index contributed by atoms with van der Waals surface area (Å²) < 4.78 is 0. The number of aromatic nitrogens is 2. The normalized spacial score (nSPS) is 19.1. The molecule has 1 saturated carbocycles. The molecule has 0 atom stereocenters. The van der Waals surface area contributed by atoms with Gasteiger partial charge in [0, 0.05) is 5.54 Å². The van der Waals surface area contributed by atoms with Gasteiger partial charge in [-0.25, -0.2) is 4.98 Å². The van der Waals surface area contributed by atoms with Gasteiger partial charge in [0.1, 0.15) is 11.0 Å². The van der Waals surface area contributed by atoms with E-state index in [0.29, 0.717) is 5.15 Å². The Balaban J connectivity index is 2.12. The van der Waals surface area contributed by atoms with Crippen LogP contribution in [0.2, 0.25) is 5.15 Å². The molecule has 1 aromatic heterocycles. The zero-order chi connectivity index (χ0) is 10.7. The third kappa shape index (κ3) is 2.40. The van der Waals surface area contributed by atoms with Crippen molar-refractivity contribution in [3.8, 4) is 0 Å². The van der Waals surface area contributed by atoms with Crippen LogP contribution >= 0.6 is 11.6 Å².